The molecule has 0 aromatic heterocycles. The number of carbonyl (C=O) groups excluding carboxylic acids is 2. The van der Waals surface area contributed by atoms with Gasteiger partial charge in [-0.3, -0.25) is 9.59 Å². The van der Waals surface area contributed by atoms with Gasteiger partial charge in [-0.05, 0) is 63.9 Å². The number of ether oxygens (including phenoxy) is 1. The third-order valence-corrected chi connectivity index (χ3v) is 4.66. The molecule has 3 N–H and O–H groups in total. The molecule has 1 atom stereocenters. The maximum absolute atomic E-state index is 12.1. The third-order valence-electron chi connectivity index (χ3n) is 4.66. The van der Waals surface area contributed by atoms with Gasteiger partial charge in [0.2, 0.25) is 11.8 Å². The summed E-state index contributed by atoms with van der Waals surface area (Å²) in [7, 11) is 0. The molecule has 1 aliphatic rings. The van der Waals surface area contributed by atoms with Gasteiger partial charge in [0.1, 0.15) is 5.75 Å². The Hall–Kier alpha value is -1.79. The number of benzene rings is 1. The summed E-state index contributed by atoms with van der Waals surface area (Å²) in [6, 6.07) is 7.71. The van der Waals surface area contributed by atoms with E-state index in [9.17, 15) is 9.59 Å². The van der Waals surface area contributed by atoms with Crippen LogP contribution in [0.15, 0.2) is 24.3 Å². The summed E-state index contributed by atoms with van der Waals surface area (Å²) in [4.78, 5) is 24.1. The van der Waals surface area contributed by atoms with Crippen LogP contribution in [-0.4, -0.2) is 38.1 Å². The van der Waals surface area contributed by atoms with Crippen LogP contribution < -0.4 is 20.7 Å². The van der Waals surface area contributed by atoms with Crippen molar-refractivity contribution in [3.05, 3.63) is 29.8 Å². The van der Waals surface area contributed by atoms with Gasteiger partial charge in [0, 0.05) is 18.9 Å². The number of hydrogen-bond donors (Lipinski definition) is 3. The first kappa shape index (κ1) is 23.2. The molecule has 7 heteroatoms. The maximum Gasteiger partial charge on any atom is 0.223 e. The highest BCUT2D eigenvalue weighted by atomic mass is 35.5. The van der Waals surface area contributed by atoms with Gasteiger partial charge in [0.15, 0.2) is 0 Å². The highest BCUT2D eigenvalue weighted by Crippen LogP contribution is 2.17. The van der Waals surface area contributed by atoms with Crippen LogP contribution in [0, 0.1) is 5.92 Å². The van der Waals surface area contributed by atoms with Crippen molar-refractivity contribution in [2.75, 3.05) is 26.2 Å². The summed E-state index contributed by atoms with van der Waals surface area (Å²) in [5.41, 5.74) is 1.04. The summed E-state index contributed by atoms with van der Waals surface area (Å²) in [6.07, 6.45) is 2.85. The minimum Gasteiger partial charge on any atom is -0.494 e. The average Bonchev–Trinajstić information content (AvgIpc) is 2.66. The zero-order valence-corrected chi connectivity index (χ0v) is 17.1. The molecule has 0 bridgehead atoms. The van der Waals surface area contributed by atoms with E-state index in [4.69, 9.17) is 4.74 Å². The Kier molecular flexibility index (Phi) is 10.8. The Morgan fingerprint density at radius 3 is 2.52 bits per heavy atom. The molecule has 1 aliphatic heterocycles. The molecule has 0 aliphatic carbocycles. The van der Waals surface area contributed by atoms with Gasteiger partial charge in [-0.15, -0.1) is 12.4 Å². The van der Waals surface area contributed by atoms with E-state index in [1.54, 1.807) is 0 Å². The van der Waals surface area contributed by atoms with Crippen molar-refractivity contribution >= 4 is 24.2 Å². The molecule has 1 aromatic carbocycles. The molecule has 2 amide bonds. The Morgan fingerprint density at radius 2 is 1.89 bits per heavy atom. The van der Waals surface area contributed by atoms with Crippen LogP contribution in [0.5, 0.6) is 5.75 Å². The van der Waals surface area contributed by atoms with Gasteiger partial charge in [0.05, 0.1) is 12.6 Å². The minimum absolute atomic E-state index is 0. The van der Waals surface area contributed by atoms with Gasteiger partial charge >= 0.3 is 0 Å². The van der Waals surface area contributed by atoms with Gasteiger partial charge in [-0.1, -0.05) is 12.1 Å². The van der Waals surface area contributed by atoms with Crippen LogP contribution >= 0.6 is 12.4 Å². The number of carbonyl (C=O) groups is 2. The van der Waals surface area contributed by atoms with E-state index < -0.39 is 0 Å². The Morgan fingerprint density at radius 1 is 1.22 bits per heavy atom. The van der Waals surface area contributed by atoms with Crippen molar-refractivity contribution in [1.29, 1.82) is 0 Å². The first-order chi connectivity index (χ1) is 12.6. The lowest BCUT2D eigenvalue weighted by molar-refractivity contribution is -0.126. The largest absolute Gasteiger partial charge is 0.494 e. The molecule has 0 saturated carbocycles. The van der Waals surface area contributed by atoms with E-state index in [2.05, 4.69) is 16.0 Å². The van der Waals surface area contributed by atoms with Gasteiger partial charge in [-0.2, -0.15) is 0 Å². The van der Waals surface area contributed by atoms with Crippen molar-refractivity contribution in [3.63, 3.8) is 0 Å². The molecule has 1 heterocycles. The first-order valence-electron chi connectivity index (χ1n) is 9.60. The Labute approximate surface area is 168 Å². The van der Waals surface area contributed by atoms with Crippen LogP contribution in [0.4, 0.5) is 0 Å². The quantitative estimate of drug-likeness (QED) is 0.559. The number of hydrogen-bond acceptors (Lipinski definition) is 4. The SMILES string of the molecule is CCOc1ccc(C(C)NC(=O)CCCNC(=O)C2CCNCC2)cc1.Cl. The summed E-state index contributed by atoms with van der Waals surface area (Å²) >= 11 is 0. The predicted octanol–water partition coefficient (Wildman–Crippen LogP) is 2.58. The van der Waals surface area contributed by atoms with Crippen LogP contribution in [0.1, 0.15) is 51.1 Å². The molecule has 0 radical (unpaired) electrons. The second kappa shape index (κ2) is 12.6. The normalized spacial score (nSPS) is 15.3. The smallest absolute Gasteiger partial charge is 0.223 e. The predicted molar refractivity (Wildman–Crippen MR) is 109 cm³/mol. The molecular weight excluding hydrogens is 366 g/mol. The average molecular weight is 398 g/mol. The number of piperidine rings is 1. The second-order valence-corrected chi connectivity index (χ2v) is 6.71. The van der Waals surface area contributed by atoms with E-state index in [1.165, 1.54) is 0 Å². The van der Waals surface area contributed by atoms with E-state index in [0.717, 1.165) is 37.2 Å². The monoisotopic (exact) mass is 397 g/mol. The van der Waals surface area contributed by atoms with Crippen LogP contribution in [0.3, 0.4) is 0 Å². The lowest BCUT2D eigenvalue weighted by atomic mass is 9.97. The van der Waals surface area contributed by atoms with Crippen LogP contribution in [-0.2, 0) is 9.59 Å². The Bertz CT molecular complexity index is 574. The zero-order valence-electron chi connectivity index (χ0n) is 16.3. The molecule has 1 aromatic rings. The van der Waals surface area contributed by atoms with E-state index in [-0.39, 0.29) is 36.2 Å². The summed E-state index contributed by atoms with van der Waals surface area (Å²) in [5, 5.41) is 9.20. The van der Waals surface area contributed by atoms with Gasteiger partial charge < -0.3 is 20.7 Å². The van der Waals surface area contributed by atoms with E-state index in [0.29, 0.717) is 26.0 Å². The van der Waals surface area contributed by atoms with Crippen molar-refractivity contribution < 1.29 is 14.3 Å². The third kappa shape index (κ3) is 8.18. The molecule has 2 rings (SSSR count). The molecule has 0 spiro atoms. The highest BCUT2D eigenvalue weighted by molar-refractivity contribution is 5.85. The lowest BCUT2D eigenvalue weighted by Gasteiger charge is -2.21. The molecular formula is C20H32ClN3O3. The zero-order chi connectivity index (χ0) is 18.8. The number of nitrogens with one attached hydrogen (secondary N) is 3. The van der Waals surface area contributed by atoms with Crippen molar-refractivity contribution in [1.82, 2.24) is 16.0 Å². The van der Waals surface area contributed by atoms with Gasteiger partial charge in [-0.25, -0.2) is 0 Å². The molecule has 1 saturated heterocycles. The number of halogens is 1. The molecule has 1 unspecified atom stereocenters. The summed E-state index contributed by atoms with van der Waals surface area (Å²) in [6.45, 7) is 6.92. The Balaban J connectivity index is 0.00000364. The molecule has 152 valence electrons. The number of amides is 2. The van der Waals surface area contributed by atoms with Crippen molar-refractivity contribution in [3.8, 4) is 5.75 Å². The molecule has 27 heavy (non-hydrogen) atoms. The standard InChI is InChI=1S/C20H31N3O3.ClH/c1-3-26-18-8-6-16(7-9-18)15(2)23-19(24)5-4-12-22-20(25)17-10-13-21-14-11-17;/h6-9,15,17,21H,3-5,10-14H2,1-2H3,(H,22,25)(H,23,24);1H. The fourth-order valence-electron chi connectivity index (χ4n) is 3.11. The highest BCUT2D eigenvalue weighted by Gasteiger charge is 2.20. The molecule has 1 fully saturated rings. The lowest BCUT2D eigenvalue weighted by Crippen LogP contribution is -2.38. The first-order valence-corrected chi connectivity index (χ1v) is 9.60. The summed E-state index contributed by atoms with van der Waals surface area (Å²) < 4.78 is 5.42. The van der Waals surface area contributed by atoms with Gasteiger partial charge in [0.25, 0.3) is 0 Å². The summed E-state index contributed by atoms with van der Waals surface area (Å²) in [5.74, 6) is 1.07. The van der Waals surface area contributed by atoms with E-state index >= 15 is 0 Å². The maximum atomic E-state index is 12.1. The van der Waals surface area contributed by atoms with Crippen molar-refractivity contribution in [2.45, 2.75) is 45.6 Å². The minimum atomic E-state index is -0.0532. The fourth-order valence-corrected chi connectivity index (χ4v) is 3.11. The van der Waals surface area contributed by atoms with Crippen LogP contribution in [0.25, 0.3) is 0 Å². The van der Waals surface area contributed by atoms with E-state index in [1.807, 2.05) is 38.1 Å². The molecule has 6 nitrogen and oxygen atoms in total. The van der Waals surface area contributed by atoms with Crippen LogP contribution in [0.2, 0.25) is 0 Å². The second-order valence-electron chi connectivity index (χ2n) is 6.71. The fraction of sp³-hybridized carbons (Fsp3) is 0.600. The topological polar surface area (TPSA) is 79.5 Å². The van der Waals surface area contributed by atoms with Crippen molar-refractivity contribution in [2.24, 2.45) is 5.92 Å². The number of rotatable bonds is 9.